The van der Waals surface area contributed by atoms with E-state index in [-0.39, 0.29) is 0 Å². The molecule has 0 spiro atoms. The zero-order chi connectivity index (χ0) is 15.9. The Morgan fingerprint density at radius 3 is 2.96 bits per heavy atom. The Morgan fingerprint density at radius 1 is 1.22 bits per heavy atom. The summed E-state index contributed by atoms with van der Waals surface area (Å²) in [5.41, 5.74) is 2.58. The van der Waals surface area contributed by atoms with Gasteiger partial charge in [-0.1, -0.05) is 17.7 Å². The Bertz CT molecular complexity index is 599. The second-order valence-electron chi connectivity index (χ2n) is 5.48. The first-order valence-electron chi connectivity index (χ1n) is 7.94. The molecule has 2 aliphatic rings. The third kappa shape index (κ3) is 4.39. The lowest BCUT2D eigenvalue weighted by molar-refractivity contribution is 0.153. The number of ether oxygens (including phenoxy) is 3. The molecular weight excluding hydrogens is 294 g/mol. The monoisotopic (exact) mass is 317 g/mol. The Kier molecular flexibility index (Phi) is 5.37. The van der Waals surface area contributed by atoms with E-state index in [1.807, 2.05) is 18.2 Å². The summed E-state index contributed by atoms with van der Waals surface area (Å²) >= 11 is 0. The van der Waals surface area contributed by atoms with E-state index >= 15 is 0 Å². The van der Waals surface area contributed by atoms with Crippen molar-refractivity contribution in [1.29, 1.82) is 0 Å². The average molecular weight is 317 g/mol. The number of benzene rings is 1. The third-order valence-electron chi connectivity index (χ3n) is 3.92. The van der Waals surface area contributed by atoms with E-state index in [4.69, 9.17) is 14.2 Å². The fraction of sp³-hybridized carbons (Fsp3) is 0.471. The molecule has 0 bridgehead atoms. The van der Waals surface area contributed by atoms with Gasteiger partial charge in [0.2, 0.25) is 6.79 Å². The minimum atomic E-state index is 0.302. The topological polar surface area (TPSA) is 64.1 Å². The molecule has 0 unspecified atom stereocenters. The normalized spacial score (nSPS) is 16.9. The lowest BCUT2D eigenvalue weighted by Gasteiger charge is -2.15. The zero-order valence-corrected chi connectivity index (χ0v) is 13.4. The number of rotatable bonds is 5. The van der Waals surface area contributed by atoms with Gasteiger partial charge in [0.25, 0.3) is 0 Å². The van der Waals surface area contributed by atoms with Crippen molar-refractivity contribution < 1.29 is 14.2 Å². The molecule has 2 heterocycles. The van der Waals surface area contributed by atoms with Crippen LogP contribution in [0.1, 0.15) is 18.4 Å². The number of hydrogen-bond donors (Lipinski definition) is 2. The fourth-order valence-electron chi connectivity index (χ4n) is 2.59. The standard InChI is InChI=1S/C17H23N3O3/c1-18-17(19-7-4-13-5-8-21-9-6-13)20-11-14-2-3-15-16(10-14)23-12-22-15/h2-3,5,10H,4,6-9,11-12H2,1H3,(H2,18,19,20). The van der Waals surface area contributed by atoms with Crippen LogP contribution in [0.15, 0.2) is 34.8 Å². The van der Waals surface area contributed by atoms with Crippen molar-refractivity contribution >= 4 is 5.96 Å². The summed E-state index contributed by atoms with van der Waals surface area (Å²) < 4.78 is 16.0. The van der Waals surface area contributed by atoms with Crippen LogP contribution in [0.5, 0.6) is 11.5 Å². The van der Waals surface area contributed by atoms with E-state index in [0.29, 0.717) is 13.3 Å². The Balaban J connectivity index is 1.43. The van der Waals surface area contributed by atoms with Crippen molar-refractivity contribution in [3.8, 4) is 11.5 Å². The van der Waals surface area contributed by atoms with Crippen molar-refractivity contribution in [3.05, 3.63) is 35.4 Å². The second kappa shape index (κ2) is 7.87. The summed E-state index contributed by atoms with van der Waals surface area (Å²) in [5.74, 6) is 2.41. The van der Waals surface area contributed by atoms with Crippen molar-refractivity contribution in [2.75, 3.05) is 33.6 Å². The predicted octanol–water partition coefficient (Wildman–Crippen LogP) is 1.82. The molecule has 1 aromatic rings. The van der Waals surface area contributed by atoms with Gasteiger partial charge in [-0.25, -0.2) is 0 Å². The molecule has 0 aliphatic carbocycles. The summed E-state index contributed by atoms with van der Waals surface area (Å²) in [6, 6.07) is 5.96. The van der Waals surface area contributed by atoms with E-state index in [1.165, 1.54) is 5.57 Å². The van der Waals surface area contributed by atoms with E-state index in [1.54, 1.807) is 7.05 Å². The van der Waals surface area contributed by atoms with Crippen molar-refractivity contribution in [2.45, 2.75) is 19.4 Å². The number of hydrogen-bond acceptors (Lipinski definition) is 4. The first-order valence-corrected chi connectivity index (χ1v) is 7.94. The summed E-state index contributed by atoms with van der Waals surface area (Å²) in [6.45, 7) is 3.44. The van der Waals surface area contributed by atoms with E-state index in [2.05, 4.69) is 21.7 Å². The average Bonchev–Trinajstić information content (AvgIpc) is 3.06. The van der Waals surface area contributed by atoms with Gasteiger partial charge in [0, 0.05) is 20.1 Å². The van der Waals surface area contributed by atoms with Crippen LogP contribution < -0.4 is 20.1 Å². The van der Waals surface area contributed by atoms with Crippen LogP contribution in [-0.4, -0.2) is 39.6 Å². The van der Waals surface area contributed by atoms with Gasteiger partial charge in [-0.05, 0) is 30.5 Å². The maximum absolute atomic E-state index is 5.39. The fourth-order valence-corrected chi connectivity index (χ4v) is 2.59. The predicted molar refractivity (Wildman–Crippen MR) is 88.9 cm³/mol. The molecule has 1 aromatic carbocycles. The minimum absolute atomic E-state index is 0.302. The molecule has 23 heavy (non-hydrogen) atoms. The van der Waals surface area contributed by atoms with Crippen LogP contribution in [0.2, 0.25) is 0 Å². The van der Waals surface area contributed by atoms with Gasteiger partial charge in [0.1, 0.15) is 0 Å². The van der Waals surface area contributed by atoms with Gasteiger partial charge in [-0.2, -0.15) is 0 Å². The summed E-state index contributed by atoms with van der Waals surface area (Å²) in [4.78, 5) is 4.25. The summed E-state index contributed by atoms with van der Waals surface area (Å²) in [5, 5.41) is 6.65. The van der Waals surface area contributed by atoms with E-state index in [9.17, 15) is 0 Å². The number of aliphatic imine (C=N–C) groups is 1. The smallest absolute Gasteiger partial charge is 0.231 e. The molecule has 0 atom stereocenters. The molecular formula is C17H23N3O3. The van der Waals surface area contributed by atoms with Crippen LogP contribution in [0, 0.1) is 0 Å². The molecule has 124 valence electrons. The molecule has 0 amide bonds. The van der Waals surface area contributed by atoms with Crippen LogP contribution in [0.25, 0.3) is 0 Å². The highest BCUT2D eigenvalue weighted by Crippen LogP contribution is 2.32. The molecule has 0 saturated heterocycles. The van der Waals surface area contributed by atoms with E-state index < -0.39 is 0 Å². The van der Waals surface area contributed by atoms with Crippen LogP contribution in [0.3, 0.4) is 0 Å². The Labute approximate surface area is 136 Å². The molecule has 2 N–H and O–H groups in total. The summed E-state index contributed by atoms with van der Waals surface area (Å²) in [6.07, 6.45) is 4.23. The molecule has 2 aliphatic heterocycles. The van der Waals surface area contributed by atoms with Gasteiger partial charge in [-0.15, -0.1) is 0 Å². The number of guanidine groups is 1. The molecule has 0 fully saturated rings. The third-order valence-corrected chi connectivity index (χ3v) is 3.92. The molecule has 6 nitrogen and oxygen atoms in total. The maximum atomic E-state index is 5.39. The number of nitrogens with one attached hydrogen (secondary N) is 2. The maximum Gasteiger partial charge on any atom is 0.231 e. The lowest BCUT2D eigenvalue weighted by Crippen LogP contribution is -2.37. The first-order chi connectivity index (χ1) is 11.3. The number of fused-ring (bicyclic) bond motifs is 1. The van der Waals surface area contributed by atoms with Gasteiger partial charge in [0.05, 0.1) is 13.2 Å². The Morgan fingerprint density at radius 2 is 2.13 bits per heavy atom. The SMILES string of the molecule is CN=C(NCCC1=CCOCC1)NCc1ccc2c(c1)OCO2. The summed E-state index contributed by atoms with van der Waals surface area (Å²) in [7, 11) is 1.78. The van der Waals surface area contributed by atoms with Gasteiger partial charge in [0.15, 0.2) is 17.5 Å². The van der Waals surface area contributed by atoms with Gasteiger partial charge < -0.3 is 24.8 Å². The molecule has 0 radical (unpaired) electrons. The van der Waals surface area contributed by atoms with Gasteiger partial charge in [-0.3, -0.25) is 4.99 Å². The Hall–Kier alpha value is -2.21. The molecule has 0 saturated carbocycles. The van der Waals surface area contributed by atoms with Crippen molar-refractivity contribution in [2.24, 2.45) is 4.99 Å². The molecule has 6 heteroatoms. The second-order valence-corrected chi connectivity index (χ2v) is 5.48. The highest BCUT2D eigenvalue weighted by atomic mass is 16.7. The minimum Gasteiger partial charge on any atom is -0.454 e. The molecule has 0 aromatic heterocycles. The van der Waals surface area contributed by atoms with Gasteiger partial charge >= 0.3 is 0 Å². The van der Waals surface area contributed by atoms with Crippen molar-refractivity contribution in [1.82, 2.24) is 10.6 Å². The lowest BCUT2D eigenvalue weighted by atomic mass is 10.1. The van der Waals surface area contributed by atoms with Crippen LogP contribution in [-0.2, 0) is 11.3 Å². The quantitative estimate of drug-likeness (QED) is 0.493. The highest BCUT2D eigenvalue weighted by Gasteiger charge is 2.13. The zero-order valence-electron chi connectivity index (χ0n) is 13.4. The van der Waals surface area contributed by atoms with Crippen LogP contribution in [0.4, 0.5) is 0 Å². The molecule has 3 rings (SSSR count). The van der Waals surface area contributed by atoms with Crippen LogP contribution >= 0.6 is 0 Å². The first kappa shape index (κ1) is 15.7. The number of nitrogens with zero attached hydrogens (tertiary/aromatic N) is 1. The van der Waals surface area contributed by atoms with Crippen molar-refractivity contribution in [3.63, 3.8) is 0 Å². The highest BCUT2D eigenvalue weighted by molar-refractivity contribution is 5.79. The van der Waals surface area contributed by atoms with E-state index in [0.717, 1.165) is 55.6 Å². The largest absolute Gasteiger partial charge is 0.454 e.